The van der Waals surface area contributed by atoms with Crippen LogP contribution in [0, 0.1) is 13.8 Å². The molecule has 1 saturated heterocycles. The standard InChI is InChI=1S/C21H25N7O3/c1-15-13-19(31-16(15)2)27-23-14-18-24-20(28-8-11-29-12-9-28)26-21(25-18)30-10-6-17-5-3-4-7-22-17/h3-5,7,13H,6,8-12,14H2,1-2H3. The number of hydrogen-bond acceptors (Lipinski definition) is 10. The van der Waals surface area contributed by atoms with Crippen molar-refractivity contribution >= 4 is 11.8 Å². The first-order valence-electron chi connectivity index (χ1n) is 10.2. The minimum absolute atomic E-state index is 0.190. The lowest BCUT2D eigenvalue weighted by Crippen LogP contribution is -2.37. The molecular weight excluding hydrogens is 398 g/mol. The number of furan rings is 1. The van der Waals surface area contributed by atoms with Gasteiger partial charge in [-0.15, -0.1) is 5.11 Å². The second-order valence-electron chi connectivity index (χ2n) is 7.08. The Morgan fingerprint density at radius 2 is 2.00 bits per heavy atom. The number of hydrogen-bond donors (Lipinski definition) is 0. The molecule has 0 amide bonds. The van der Waals surface area contributed by atoms with Crippen LogP contribution in [0.1, 0.15) is 22.8 Å². The average molecular weight is 423 g/mol. The molecule has 0 aliphatic carbocycles. The lowest BCUT2D eigenvalue weighted by atomic mass is 10.3. The number of pyridine rings is 1. The maximum Gasteiger partial charge on any atom is 0.321 e. The summed E-state index contributed by atoms with van der Waals surface area (Å²) in [5.41, 5.74) is 1.98. The second-order valence-corrected chi connectivity index (χ2v) is 7.08. The number of nitrogens with zero attached hydrogens (tertiary/aromatic N) is 7. The Bertz CT molecular complexity index is 998. The quantitative estimate of drug-likeness (QED) is 0.508. The van der Waals surface area contributed by atoms with Gasteiger partial charge in [-0.2, -0.15) is 20.1 Å². The molecule has 31 heavy (non-hydrogen) atoms. The summed E-state index contributed by atoms with van der Waals surface area (Å²) in [6.45, 7) is 7.15. The molecular formula is C21H25N7O3. The molecule has 0 radical (unpaired) electrons. The van der Waals surface area contributed by atoms with Crippen molar-refractivity contribution < 1.29 is 13.9 Å². The van der Waals surface area contributed by atoms with Gasteiger partial charge in [0.15, 0.2) is 5.82 Å². The van der Waals surface area contributed by atoms with E-state index in [0.717, 1.165) is 17.0 Å². The minimum Gasteiger partial charge on any atom is -0.463 e. The zero-order chi connectivity index (χ0) is 21.5. The van der Waals surface area contributed by atoms with Crippen LogP contribution in [0.4, 0.5) is 11.8 Å². The van der Waals surface area contributed by atoms with Crippen molar-refractivity contribution in [3.63, 3.8) is 0 Å². The molecule has 0 aromatic carbocycles. The van der Waals surface area contributed by atoms with Gasteiger partial charge >= 0.3 is 6.01 Å². The molecule has 3 aromatic heterocycles. The highest BCUT2D eigenvalue weighted by molar-refractivity contribution is 5.32. The van der Waals surface area contributed by atoms with Crippen molar-refractivity contribution in [2.24, 2.45) is 10.2 Å². The maximum atomic E-state index is 5.81. The van der Waals surface area contributed by atoms with E-state index in [1.165, 1.54) is 0 Å². The van der Waals surface area contributed by atoms with Crippen LogP contribution in [0.2, 0.25) is 0 Å². The molecule has 0 N–H and O–H groups in total. The zero-order valence-corrected chi connectivity index (χ0v) is 17.7. The monoisotopic (exact) mass is 423 g/mol. The molecule has 0 saturated carbocycles. The third kappa shape index (κ3) is 5.82. The van der Waals surface area contributed by atoms with E-state index in [2.05, 4.69) is 35.1 Å². The van der Waals surface area contributed by atoms with Gasteiger partial charge in [0.25, 0.3) is 0 Å². The number of aromatic nitrogens is 4. The van der Waals surface area contributed by atoms with E-state index < -0.39 is 0 Å². The molecule has 10 heteroatoms. The maximum absolute atomic E-state index is 5.81. The van der Waals surface area contributed by atoms with Crippen molar-refractivity contribution in [1.29, 1.82) is 0 Å². The molecule has 0 spiro atoms. The summed E-state index contributed by atoms with van der Waals surface area (Å²) in [6.07, 6.45) is 2.42. The molecule has 10 nitrogen and oxygen atoms in total. The van der Waals surface area contributed by atoms with E-state index in [0.29, 0.717) is 57.0 Å². The number of ether oxygens (including phenoxy) is 2. The van der Waals surface area contributed by atoms with Gasteiger partial charge in [-0.3, -0.25) is 4.98 Å². The molecule has 3 aromatic rings. The Hall–Kier alpha value is -3.40. The lowest BCUT2D eigenvalue weighted by molar-refractivity contribution is 0.122. The third-order valence-corrected chi connectivity index (χ3v) is 4.79. The van der Waals surface area contributed by atoms with Gasteiger partial charge in [0.2, 0.25) is 11.8 Å². The normalized spacial score (nSPS) is 14.3. The van der Waals surface area contributed by atoms with Crippen LogP contribution in [-0.2, 0) is 17.7 Å². The molecule has 4 heterocycles. The molecule has 1 aliphatic heterocycles. The number of rotatable bonds is 8. The first kappa shape index (κ1) is 20.9. The summed E-state index contributed by atoms with van der Waals surface area (Å²) in [6, 6.07) is 7.91. The Labute approximate surface area is 180 Å². The summed E-state index contributed by atoms with van der Waals surface area (Å²) in [5.74, 6) is 2.32. The summed E-state index contributed by atoms with van der Waals surface area (Å²) in [4.78, 5) is 19.8. The van der Waals surface area contributed by atoms with Crippen molar-refractivity contribution in [3.05, 3.63) is 53.3 Å². The highest BCUT2D eigenvalue weighted by Gasteiger charge is 2.17. The van der Waals surface area contributed by atoms with Gasteiger partial charge in [0.05, 0.1) is 19.8 Å². The number of aryl methyl sites for hydroxylation is 2. The summed E-state index contributed by atoms with van der Waals surface area (Å²) >= 11 is 0. The van der Waals surface area contributed by atoms with E-state index in [9.17, 15) is 0 Å². The van der Waals surface area contributed by atoms with Crippen LogP contribution in [0.25, 0.3) is 0 Å². The molecule has 162 valence electrons. The summed E-state index contributed by atoms with van der Waals surface area (Å²) in [7, 11) is 0. The van der Waals surface area contributed by atoms with Gasteiger partial charge in [0.1, 0.15) is 12.3 Å². The SMILES string of the molecule is Cc1cc(N=NCc2nc(OCCc3ccccn3)nc(N3CCOCC3)n2)oc1C. The Balaban J connectivity index is 1.46. The van der Waals surface area contributed by atoms with Crippen LogP contribution in [0.3, 0.4) is 0 Å². The van der Waals surface area contributed by atoms with Crippen LogP contribution < -0.4 is 9.64 Å². The third-order valence-electron chi connectivity index (χ3n) is 4.79. The molecule has 4 rings (SSSR count). The van der Waals surface area contributed by atoms with Gasteiger partial charge in [0, 0.05) is 37.5 Å². The van der Waals surface area contributed by atoms with Crippen molar-refractivity contribution in [1.82, 2.24) is 19.9 Å². The van der Waals surface area contributed by atoms with Crippen LogP contribution in [-0.4, -0.2) is 52.8 Å². The van der Waals surface area contributed by atoms with Crippen molar-refractivity contribution in [2.45, 2.75) is 26.8 Å². The van der Waals surface area contributed by atoms with Gasteiger partial charge in [-0.25, -0.2) is 0 Å². The van der Waals surface area contributed by atoms with Gasteiger partial charge in [-0.1, -0.05) is 6.07 Å². The fourth-order valence-corrected chi connectivity index (χ4v) is 2.99. The first-order chi connectivity index (χ1) is 15.2. The Morgan fingerprint density at radius 3 is 2.74 bits per heavy atom. The predicted molar refractivity (Wildman–Crippen MR) is 113 cm³/mol. The second kappa shape index (κ2) is 10.1. The number of morpholine rings is 1. The minimum atomic E-state index is 0.190. The van der Waals surface area contributed by atoms with E-state index in [1.54, 1.807) is 6.20 Å². The van der Waals surface area contributed by atoms with Gasteiger partial charge < -0.3 is 18.8 Å². The van der Waals surface area contributed by atoms with Crippen LogP contribution >= 0.6 is 0 Å². The first-order valence-corrected chi connectivity index (χ1v) is 10.2. The van der Waals surface area contributed by atoms with Crippen molar-refractivity contribution in [3.8, 4) is 6.01 Å². The largest absolute Gasteiger partial charge is 0.463 e. The fraction of sp³-hybridized carbons (Fsp3) is 0.429. The predicted octanol–water partition coefficient (Wildman–Crippen LogP) is 3.22. The van der Waals surface area contributed by atoms with Crippen molar-refractivity contribution in [2.75, 3.05) is 37.8 Å². The Morgan fingerprint density at radius 1 is 1.13 bits per heavy atom. The van der Waals surface area contributed by atoms with Crippen LogP contribution in [0.15, 0.2) is 45.1 Å². The summed E-state index contributed by atoms with van der Waals surface area (Å²) in [5, 5.41) is 8.32. The van der Waals surface area contributed by atoms with E-state index in [-0.39, 0.29) is 12.6 Å². The smallest absolute Gasteiger partial charge is 0.321 e. The molecule has 0 atom stereocenters. The zero-order valence-electron chi connectivity index (χ0n) is 17.7. The topological polar surface area (TPSA) is 111 Å². The van der Waals surface area contributed by atoms with E-state index in [1.807, 2.05) is 38.1 Å². The highest BCUT2D eigenvalue weighted by atomic mass is 16.5. The van der Waals surface area contributed by atoms with Gasteiger partial charge in [-0.05, 0) is 31.5 Å². The summed E-state index contributed by atoms with van der Waals surface area (Å²) < 4.78 is 16.8. The molecule has 1 aliphatic rings. The molecule has 1 fully saturated rings. The molecule has 0 unspecified atom stereocenters. The average Bonchev–Trinajstić information content (AvgIpc) is 3.12. The lowest BCUT2D eigenvalue weighted by Gasteiger charge is -2.26. The Kier molecular flexibility index (Phi) is 6.78. The molecule has 0 bridgehead atoms. The van der Waals surface area contributed by atoms with E-state index >= 15 is 0 Å². The number of anilines is 1. The van der Waals surface area contributed by atoms with Crippen LogP contribution in [0.5, 0.6) is 6.01 Å². The fourth-order valence-electron chi connectivity index (χ4n) is 2.99. The highest BCUT2D eigenvalue weighted by Crippen LogP contribution is 2.21. The van der Waals surface area contributed by atoms with E-state index in [4.69, 9.17) is 13.9 Å². The number of azo groups is 1.